The number of ether oxygens (including phenoxy) is 1. The summed E-state index contributed by atoms with van der Waals surface area (Å²) in [6.45, 7) is 0.783. The molecule has 1 rings (SSSR count). The Morgan fingerprint density at radius 1 is 1.45 bits per heavy atom. The minimum atomic E-state index is -0.480. The zero-order valence-corrected chi connectivity index (χ0v) is 12.2. The summed E-state index contributed by atoms with van der Waals surface area (Å²) < 4.78 is 5.11. The van der Waals surface area contributed by atoms with Crippen molar-refractivity contribution in [3.05, 3.63) is 33.9 Å². The highest BCUT2D eigenvalue weighted by atomic mass is 35.5. The van der Waals surface area contributed by atoms with Crippen molar-refractivity contribution < 1.29 is 14.5 Å². The van der Waals surface area contributed by atoms with Gasteiger partial charge >= 0.3 is 0 Å². The number of hydrogen-bond donors (Lipinski definition) is 2. The summed E-state index contributed by atoms with van der Waals surface area (Å²) >= 11 is 0. The largest absolute Gasteiger partial charge is 0.496 e. The van der Waals surface area contributed by atoms with Gasteiger partial charge in [0.05, 0.1) is 12.0 Å². The second kappa shape index (κ2) is 9.11. The van der Waals surface area contributed by atoms with E-state index in [4.69, 9.17) is 4.74 Å². The zero-order valence-electron chi connectivity index (χ0n) is 11.3. The molecule has 1 aromatic rings. The van der Waals surface area contributed by atoms with E-state index < -0.39 is 4.92 Å². The molecule has 0 aliphatic heterocycles. The number of halogens is 1. The number of nitro groups is 1. The smallest absolute Gasteiger partial charge is 0.270 e. The van der Waals surface area contributed by atoms with Crippen LogP contribution in [0.15, 0.2) is 18.2 Å². The minimum Gasteiger partial charge on any atom is -0.496 e. The molecule has 2 N–H and O–H groups in total. The van der Waals surface area contributed by atoms with Gasteiger partial charge in [-0.1, -0.05) is 0 Å². The molecule has 0 radical (unpaired) electrons. The predicted octanol–water partition coefficient (Wildman–Crippen LogP) is 1.25. The Hall–Kier alpha value is -1.86. The van der Waals surface area contributed by atoms with Crippen molar-refractivity contribution in [2.75, 3.05) is 20.7 Å². The highest BCUT2D eigenvalue weighted by Gasteiger charge is 2.12. The van der Waals surface area contributed by atoms with Gasteiger partial charge in [-0.15, -0.1) is 12.4 Å². The SMILES string of the molecule is CNCCC(=O)NCc1cc([N+](=O)[O-])ccc1OC.Cl. The molecule has 112 valence electrons. The summed E-state index contributed by atoms with van der Waals surface area (Å²) in [5.74, 6) is 0.391. The molecule has 1 aromatic carbocycles. The van der Waals surface area contributed by atoms with Gasteiger partial charge in [0, 0.05) is 37.2 Å². The molecule has 7 nitrogen and oxygen atoms in total. The van der Waals surface area contributed by atoms with Gasteiger partial charge in [0.1, 0.15) is 5.75 Å². The van der Waals surface area contributed by atoms with Gasteiger partial charge < -0.3 is 15.4 Å². The van der Waals surface area contributed by atoms with Gasteiger partial charge in [0.15, 0.2) is 0 Å². The summed E-state index contributed by atoms with van der Waals surface area (Å²) in [5, 5.41) is 16.3. The Bertz CT molecular complexity index is 468. The number of carbonyl (C=O) groups excluding carboxylic acids is 1. The van der Waals surface area contributed by atoms with E-state index in [0.717, 1.165) is 0 Å². The maximum absolute atomic E-state index is 11.5. The summed E-state index contributed by atoms with van der Waals surface area (Å²) in [5.41, 5.74) is 0.551. The van der Waals surface area contributed by atoms with Crippen molar-refractivity contribution in [2.45, 2.75) is 13.0 Å². The molecule has 0 aliphatic carbocycles. The number of carbonyl (C=O) groups is 1. The number of amides is 1. The van der Waals surface area contributed by atoms with Crippen molar-refractivity contribution >= 4 is 24.0 Å². The van der Waals surface area contributed by atoms with Crippen LogP contribution in [0.25, 0.3) is 0 Å². The molecule has 0 spiro atoms. The van der Waals surface area contributed by atoms with Crippen LogP contribution < -0.4 is 15.4 Å². The van der Waals surface area contributed by atoms with Crippen molar-refractivity contribution in [3.63, 3.8) is 0 Å². The third-order valence-corrected chi connectivity index (χ3v) is 2.55. The lowest BCUT2D eigenvalue weighted by Gasteiger charge is -2.09. The van der Waals surface area contributed by atoms with Crippen LogP contribution in [-0.2, 0) is 11.3 Å². The Kier molecular flexibility index (Phi) is 8.26. The molecule has 0 aliphatic rings. The lowest BCUT2D eigenvalue weighted by atomic mass is 10.1. The molecule has 0 unspecified atom stereocenters. The number of nitrogens with one attached hydrogen (secondary N) is 2. The minimum absolute atomic E-state index is 0. The van der Waals surface area contributed by atoms with Crippen molar-refractivity contribution in [3.8, 4) is 5.75 Å². The van der Waals surface area contributed by atoms with Crippen LogP contribution in [0, 0.1) is 10.1 Å². The fraction of sp³-hybridized carbons (Fsp3) is 0.417. The summed E-state index contributed by atoms with van der Waals surface area (Å²) in [4.78, 5) is 21.7. The highest BCUT2D eigenvalue weighted by Crippen LogP contribution is 2.23. The third-order valence-electron chi connectivity index (χ3n) is 2.55. The number of nitrogens with zero attached hydrogens (tertiary/aromatic N) is 1. The van der Waals surface area contributed by atoms with E-state index in [0.29, 0.717) is 24.3 Å². The number of methoxy groups -OCH3 is 1. The lowest BCUT2D eigenvalue weighted by molar-refractivity contribution is -0.384. The van der Waals surface area contributed by atoms with Gasteiger partial charge in [-0.3, -0.25) is 14.9 Å². The quantitative estimate of drug-likeness (QED) is 0.584. The van der Waals surface area contributed by atoms with Crippen molar-refractivity contribution in [1.82, 2.24) is 10.6 Å². The second-order valence-electron chi connectivity index (χ2n) is 3.88. The summed E-state index contributed by atoms with van der Waals surface area (Å²) in [7, 11) is 3.24. The molecule has 1 amide bonds. The Morgan fingerprint density at radius 3 is 2.70 bits per heavy atom. The van der Waals surface area contributed by atoms with E-state index in [2.05, 4.69) is 10.6 Å². The standard InChI is InChI=1S/C12H17N3O4.ClH/c1-13-6-5-12(16)14-8-9-7-10(15(17)18)3-4-11(9)19-2;/h3-4,7,13H,5-6,8H2,1-2H3,(H,14,16);1H. The number of nitro benzene ring substituents is 1. The van der Waals surface area contributed by atoms with E-state index in [1.807, 2.05) is 0 Å². The van der Waals surface area contributed by atoms with Crippen molar-refractivity contribution in [2.24, 2.45) is 0 Å². The lowest BCUT2D eigenvalue weighted by Crippen LogP contribution is -2.26. The second-order valence-corrected chi connectivity index (χ2v) is 3.88. The number of hydrogen-bond acceptors (Lipinski definition) is 5. The third kappa shape index (κ3) is 5.41. The van der Waals surface area contributed by atoms with E-state index in [1.165, 1.54) is 25.3 Å². The van der Waals surface area contributed by atoms with Crippen molar-refractivity contribution in [1.29, 1.82) is 0 Å². The van der Waals surface area contributed by atoms with Crippen LogP contribution in [0.2, 0.25) is 0 Å². The number of rotatable bonds is 7. The fourth-order valence-electron chi connectivity index (χ4n) is 1.54. The number of non-ortho nitro benzene ring substituents is 1. The first-order chi connectivity index (χ1) is 9.08. The molecule has 0 bridgehead atoms. The Morgan fingerprint density at radius 2 is 2.15 bits per heavy atom. The molecular formula is C12H18ClN3O4. The molecule has 0 heterocycles. The average molecular weight is 304 g/mol. The highest BCUT2D eigenvalue weighted by molar-refractivity contribution is 5.85. The first-order valence-corrected chi connectivity index (χ1v) is 5.81. The molecular weight excluding hydrogens is 286 g/mol. The fourth-order valence-corrected chi connectivity index (χ4v) is 1.54. The number of benzene rings is 1. The van der Waals surface area contributed by atoms with Crippen LogP contribution >= 0.6 is 12.4 Å². The van der Waals surface area contributed by atoms with Crippen LogP contribution in [0.3, 0.4) is 0 Å². The van der Waals surface area contributed by atoms with Gasteiger partial charge in [-0.2, -0.15) is 0 Å². The predicted molar refractivity (Wildman–Crippen MR) is 77.3 cm³/mol. The molecule has 0 fully saturated rings. The van der Waals surface area contributed by atoms with Gasteiger partial charge in [-0.25, -0.2) is 0 Å². The van der Waals surface area contributed by atoms with E-state index in [9.17, 15) is 14.9 Å². The molecule has 0 saturated heterocycles. The molecule has 0 aromatic heterocycles. The first-order valence-electron chi connectivity index (χ1n) is 5.81. The van der Waals surface area contributed by atoms with E-state index >= 15 is 0 Å². The van der Waals surface area contributed by atoms with Gasteiger partial charge in [-0.05, 0) is 13.1 Å². The average Bonchev–Trinajstić information content (AvgIpc) is 2.42. The Labute approximate surface area is 123 Å². The summed E-state index contributed by atoms with van der Waals surface area (Å²) in [6.07, 6.45) is 0.355. The molecule has 20 heavy (non-hydrogen) atoms. The van der Waals surface area contributed by atoms with E-state index in [-0.39, 0.29) is 30.5 Å². The zero-order chi connectivity index (χ0) is 14.3. The molecule has 0 atom stereocenters. The molecule has 0 saturated carbocycles. The van der Waals surface area contributed by atoms with Crippen LogP contribution in [0.1, 0.15) is 12.0 Å². The monoisotopic (exact) mass is 303 g/mol. The topological polar surface area (TPSA) is 93.5 Å². The molecule has 8 heteroatoms. The summed E-state index contributed by atoms with van der Waals surface area (Å²) in [6, 6.07) is 4.29. The van der Waals surface area contributed by atoms with Gasteiger partial charge in [0.2, 0.25) is 5.91 Å². The van der Waals surface area contributed by atoms with E-state index in [1.54, 1.807) is 7.05 Å². The maximum atomic E-state index is 11.5. The van der Waals surface area contributed by atoms with Crippen LogP contribution in [0.4, 0.5) is 5.69 Å². The normalized spacial score (nSPS) is 9.50. The van der Waals surface area contributed by atoms with Gasteiger partial charge in [0.25, 0.3) is 5.69 Å². The Balaban J connectivity index is 0.00000361. The first kappa shape index (κ1) is 18.1. The van der Waals surface area contributed by atoms with Crippen LogP contribution in [0.5, 0.6) is 5.75 Å². The maximum Gasteiger partial charge on any atom is 0.270 e. The van der Waals surface area contributed by atoms with Crippen LogP contribution in [-0.4, -0.2) is 31.5 Å².